The zero-order valence-corrected chi connectivity index (χ0v) is 24.2. The molecule has 216 valence electrons. The average Bonchev–Trinajstić information content (AvgIpc) is 3.50. The summed E-state index contributed by atoms with van der Waals surface area (Å²) in [6, 6.07) is 11.1. The number of amides is 2. The van der Waals surface area contributed by atoms with Gasteiger partial charge in [-0.25, -0.2) is 0 Å². The van der Waals surface area contributed by atoms with Gasteiger partial charge in [0.2, 0.25) is 5.91 Å². The fourth-order valence-electron chi connectivity index (χ4n) is 6.93. The Morgan fingerprint density at radius 2 is 1.65 bits per heavy atom. The van der Waals surface area contributed by atoms with Crippen LogP contribution in [0.2, 0.25) is 0 Å². The van der Waals surface area contributed by atoms with Gasteiger partial charge in [-0.05, 0) is 37.2 Å². The molecule has 1 atom stereocenters. The molecular formula is C33H45N3O4. The van der Waals surface area contributed by atoms with Gasteiger partial charge in [0.25, 0.3) is 11.5 Å². The number of benzene rings is 1. The first-order valence-electron chi connectivity index (χ1n) is 15.3. The Morgan fingerprint density at radius 1 is 0.950 bits per heavy atom. The van der Waals surface area contributed by atoms with Crippen LogP contribution < -0.4 is 5.56 Å². The van der Waals surface area contributed by atoms with Crippen molar-refractivity contribution in [1.82, 2.24) is 14.4 Å². The summed E-state index contributed by atoms with van der Waals surface area (Å²) in [5.41, 5.74) is -0.116. The molecule has 2 saturated heterocycles. The van der Waals surface area contributed by atoms with E-state index in [4.69, 9.17) is 0 Å². The molecule has 2 aromatic rings. The lowest BCUT2D eigenvalue weighted by molar-refractivity contribution is -0.154. The molecule has 40 heavy (non-hydrogen) atoms. The number of carbonyl (C=O) groups excluding carboxylic acids is 2. The number of carbonyl (C=O) groups is 2. The van der Waals surface area contributed by atoms with Crippen LogP contribution in [-0.2, 0) is 11.3 Å². The van der Waals surface area contributed by atoms with E-state index in [0.29, 0.717) is 56.1 Å². The van der Waals surface area contributed by atoms with Gasteiger partial charge in [-0.2, -0.15) is 0 Å². The van der Waals surface area contributed by atoms with Crippen molar-refractivity contribution in [3.63, 3.8) is 0 Å². The number of rotatable bonds is 7. The van der Waals surface area contributed by atoms with E-state index < -0.39 is 11.0 Å². The lowest BCUT2D eigenvalue weighted by atomic mass is 9.69. The fraction of sp³-hybridized carbons (Fsp3) is 0.606. The zero-order chi connectivity index (χ0) is 28.3. The molecule has 1 aromatic heterocycles. The summed E-state index contributed by atoms with van der Waals surface area (Å²) in [7, 11) is 0. The Morgan fingerprint density at radius 3 is 2.33 bits per heavy atom. The van der Waals surface area contributed by atoms with Crippen LogP contribution in [-0.4, -0.2) is 63.1 Å². The molecule has 1 aliphatic carbocycles. The molecule has 1 unspecified atom stereocenters. The van der Waals surface area contributed by atoms with Crippen LogP contribution in [0.1, 0.15) is 88.4 Å². The van der Waals surface area contributed by atoms with Gasteiger partial charge in [0.05, 0.1) is 17.7 Å². The molecule has 1 aromatic carbocycles. The summed E-state index contributed by atoms with van der Waals surface area (Å²) in [5, 5.41) is 11.9. The monoisotopic (exact) mass is 547 g/mol. The van der Waals surface area contributed by atoms with Gasteiger partial charge in [-0.3, -0.25) is 14.4 Å². The van der Waals surface area contributed by atoms with Gasteiger partial charge in [0.15, 0.2) is 0 Å². The lowest BCUT2D eigenvalue weighted by Gasteiger charge is -2.50. The van der Waals surface area contributed by atoms with Crippen molar-refractivity contribution in [3.05, 3.63) is 58.5 Å². The van der Waals surface area contributed by atoms with E-state index in [9.17, 15) is 19.5 Å². The van der Waals surface area contributed by atoms with Crippen LogP contribution >= 0.6 is 0 Å². The Kier molecular flexibility index (Phi) is 8.50. The minimum Gasteiger partial charge on any atom is -0.387 e. The van der Waals surface area contributed by atoms with Gasteiger partial charge in [-0.1, -0.05) is 76.3 Å². The molecule has 2 aliphatic heterocycles. The minimum absolute atomic E-state index is 0.0743. The molecular weight excluding hydrogens is 502 g/mol. The van der Waals surface area contributed by atoms with Crippen molar-refractivity contribution >= 4 is 11.8 Å². The molecule has 7 nitrogen and oxygen atoms in total. The molecule has 7 heteroatoms. The van der Waals surface area contributed by atoms with Gasteiger partial charge in [0, 0.05) is 55.8 Å². The highest BCUT2D eigenvalue weighted by molar-refractivity contribution is 6.00. The number of likely N-dealkylation sites (tertiary alicyclic amines) is 2. The van der Waals surface area contributed by atoms with Crippen LogP contribution in [0.25, 0.3) is 11.1 Å². The predicted molar refractivity (Wildman–Crippen MR) is 157 cm³/mol. The SMILES string of the molecule is CC1(C)CN(C(=O)CCC2CCCCC2)CCC1(O)Cn1cc(C(=O)N2CCCC2)c(-c2ccccc2)cc1=O. The third kappa shape index (κ3) is 6.04. The van der Waals surface area contributed by atoms with Crippen molar-refractivity contribution in [2.24, 2.45) is 11.3 Å². The highest BCUT2D eigenvalue weighted by Crippen LogP contribution is 2.40. The summed E-state index contributed by atoms with van der Waals surface area (Å²) in [5.74, 6) is 0.758. The lowest BCUT2D eigenvalue weighted by Crippen LogP contribution is -2.60. The topological polar surface area (TPSA) is 82.8 Å². The van der Waals surface area contributed by atoms with Crippen molar-refractivity contribution in [1.29, 1.82) is 0 Å². The maximum Gasteiger partial charge on any atom is 0.255 e. The standard InChI is InChI=1S/C33H45N3O4/c1-32(2)23-35(29(37)16-15-25-11-5-3-6-12-25)20-17-33(32,40)24-36-22-28(31(39)34-18-9-10-19-34)27(21-30(36)38)26-13-7-4-8-14-26/h4,7-8,13-14,21-22,25,40H,3,5-6,9-12,15-20,23-24H2,1-2H3. The Labute approximate surface area is 238 Å². The predicted octanol–water partition coefficient (Wildman–Crippen LogP) is 5.10. The van der Waals surface area contributed by atoms with Gasteiger partial charge in [0.1, 0.15) is 0 Å². The van der Waals surface area contributed by atoms with Gasteiger partial charge < -0.3 is 19.5 Å². The number of hydrogen-bond acceptors (Lipinski definition) is 4. The van der Waals surface area contributed by atoms with E-state index in [-0.39, 0.29) is 23.9 Å². The first-order valence-corrected chi connectivity index (χ1v) is 15.3. The summed E-state index contributed by atoms with van der Waals surface area (Å²) < 4.78 is 1.51. The number of nitrogens with zero attached hydrogens (tertiary/aromatic N) is 3. The van der Waals surface area contributed by atoms with E-state index in [1.165, 1.54) is 36.7 Å². The number of pyridine rings is 1. The molecule has 3 aliphatic rings. The van der Waals surface area contributed by atoms with E-state index in [0.717, 1.165) is 24.8 Å². The second-order valence-electron chi connectivity index (χ2n) is 13.0. The molecule has 3 fully saturated rings. The van der Waals surface area contributed by atoms with Crippen LogP contribution in [0, 0.1) is 11.3 Å². The largest absolute Gasteiger partial charge is 0.387 e. The van der Waals surface area contributed by atoms with Gasteiger partial charge in [-0.15, -0.1) is 0 Å². The molecule has 1 saturated carbocycles. The smallest absolute Gasteiger partial charge is 0.255 e. The summed E-state index contributed by atoms with van der Waals surface area (Å²) in [6.45, 7) is 6.39. The molecule has 2 amide bonds. The average molecular weight is 548 g/mol. The van der Waals surface area contributed by atoms with Crippen molar-refractivity contribution < 1.29 is 14.7 Å². The molecule has 3 heterocycles. The summed E-state index contributed by atoms with van der Waals surface area (Å²) in [4.78, 5) is 43.9. The fourth-order valence-corrected chi connectivity index (χ4v) is 6.93. The van der Waals surface area contributed by atoms with Crippen LogP contribution in [0.3, 0.4) is 0 Å². The molecule has 0 radical (unpaired) electrons. The minimum atomic E-state index is -1.20. The normalized spacial score (nSPS) is 23.4. The third-order valence-corrected chi connectivity index (χ3v) is 9.75. The number of aliphatic hydroxyl groups is 1. The molecule has 0 bridgehead atoms. The van der Waals surface area contributed by atoms with Crippen LogP contribution in [0.15, 0.2) is 47.4 Å². The molecule has 0 spiro atoms. The second kappa shape index (κ2) is 11.9. The number of hydrogen-bond donors (Lipinski definition) is 1. The van der Waals surface area contributed by atoms with E-state index in [1.54, 1.807) is 12.3 Å². The second-order valence-corrected chi connectivity index (χ2v) is 13.0. The first-order chi connectivity index (χ1) is 19.2. The Hall–Kier alpha value is -2.93. The highest BCUT2D eigenvalue weighted by atomic mass is 16.3. The number of aromatic nitrogens is 1. The van der Waals surface area contributed by atoms with Crippen LogP contribution in [0.4, 0.5) is 0 Å². The summed E-state index contributed by atoms with van der Waals surface area (Å²) in [6.07, 6.45) is 11.9. The summed E-state index contributed by atoms with van der Waals surface area (Å²) >= 11 is 0. The first kappa shape index (κ1) is 28.6. The quantitative estimate of drug-likeness (QED) is 0.523. The van der Waals surface area contributed by atoms with Crippen molar-refractivity contribution in [2.75, 3.05) is 26.2 Å². The number of piperidine rings is 1. The third-order valence-electron chi connectivity index (χ3n) is 9.75. The molecule has 1 N–H and O–H groups in total. The van der Waals surface area contributed by atoms with Crippen molar-refractivity contribution in [3.8, 4) is 11.1 Å². The maximum absolute atomic E-state index is 13.6. The zero-order valence-electron chi connectivity index (χ0n) is 24.2. The van der Waals surface area contributed by atoms with E-state index >= 15 is 0 Å². The highest BCUT2D eigenvalue weighted by Gasteiger charge is 2.49. The Bertz CT molecular complexity index is 1260. The van der Waals surface area contributed by atoms with Crippen molar-refractivity contribution in [2.45, 2.75) is 90.2 Å². The van der Waals surface area contributed by atoms with E-state index in [2.05, 4.69) is 0 Å². The Balaban J connectivity index is 1.35. The van der Waals surface area contributed by atoms with E-state index in [1.807, 2.05) is 54.0 Å². The van der Waals surface area contributed by atoms with Crippen LogP contribution in [0.5, 0.6) is 0 Å². The maximum atomic E-state index is 13.6. The van der Waals surface area contributed by atoms with Gasteiger partial charge >= 0.3 is 0 Å². The molecule has 5 rings (SSSR count).